The summed E-state index contributed by atoms with van der Waals surface area (Å²) in [5, 5.41) is 9.90. The van der Waals surface area contributed by atoms with Crippen molar-refractivity contribution in [2.75, 3.05) is 4.90 Å². The third-order valence-corrected chi connectivity index (χ3v) is 4.57. The number of aliphatic imine (C=N–C) groups is 1. The van der Waals surface area contributed by atoms with Gasteiger partial charge in [0.05, 0.1) is 5.69 Å². The Labute approximate surface area is 142 Å². The monoisotopic (exact) mass is 322 g/mol. The summed E-state index contributed by atoms with van der Waals surface area (Å²) in [6, 6.07) is 15.2. The molecule has 0 bridgehead atoms. The van der Waals surface area contributed by atoms with E-state index in [0.29, 0.717) is 6.04 Å². The van der Waals surface area contributed by atoms with Gasteiger partial charge in [-0.1, -0.05) is 25.0 Å². The second-order valence-corrected chi connectivity index (χ2v) is 6.18. The second-order valence-electron chi connectivity index (χ2n) is 6.18. The summed E-state index contributed by atoms with van der Waals surface area (Å²) in [7, 11) is 0. The minimum Gasteiger partial charge on any atom is -0.507 e. The maximum atomic E-state index is 11.4. The molecule has 1 N–H and O–H groups in total. The zero-order valence-electron chi connectivity index (χ0n) is 13.9. The van der Waals surface area contributed by atoms with Gasteiger partial charge in [0.15, 0.2) is 0 Å². The van der Waals surface area contributed by atoms with E-state index >= 15 is 0 Å². The van der Waals surface area contributed by atoms with E-state index in [1.54, 1.807) is 12.1 Å². The number of rotatable bonds is 5. The minimum absolute atomic E-state index is 0.226. The van der Waals surface area contributed by atoms with Crippen LogP contribution in [-0.4, -0.2) is 23.3 Å². The lowest BCUT2D eigenvalue weighted by molar-refractivity contribution is -0.107. The number of anilines is 1. The first-order valence-corrected chi connectivity index (χ1v) is 8.36. The van der Waals surface area contributed by atoms with Crippen molar-refractivity contribution in [3.63, 3.8) is 0 Å². The zero-order chi connectivity index (χ0) is 16.9. The highest BCUT2D eigenvalue weighted by Crippen LogP contribution is 2.28. The summed E-state index contributed by atoms with van der Waals surface area (Å²) in [6.45, 7) is 1.87. The molecule has 0 aliphatic heterocycles. The van der Waals surface area contributed by atoms with Crippen LogP contribution in [0.3, 0.4) is 0 Å². The lowest BCUT2D eigenvalue weighted by Crippen LogP contribution is -2.31. The van der Waals surface area contributed by atoms with Crippen LogP contribution in [0, 0.1) is 0 Å². The van der Waals surface area contributed by atoms with Gasteiger partial charge in [-0.05, 0) is 56.2 Å². The van der Waals surface area contributed by atoms with E-state index in [2.05, 4.69) is 4.99 Å². The summed E-state index contributed by atoms with van der Waals surface area (Å²) in [6.07, 6.45) is 5.46. The molecular formula is C20H22N2O2. The maximum absolute atomic E-state index is 11.4. The fourth-order valence-corrected chi connectivity index (χ4v) is 3.27. The molecule has 0 aromatic heterocycles. The van der Waals surface area contributed by atoms with Crippen molar-refractivity contribution in [3.8, 4) is 5.75 Å². The Morgan fingerprint density at radius 3 is 2.42 bits per heavy atom. The van der Waals surface area contributed by atoms with E-state index in [1.807, 2.05) is 48.2 Å². The highest BCUT2D eigenvalue weighted by Gasteiger charge is 2.22. The molecule has 0 saturated heterocycles. The van der Waals surface area contributed by atoms with Crippen LogP contribution in [0.5, 0.6) is 5.75 Å². The van der Waals surface area contributed by atoms with E-state index in [0.717, 1.165) is 41.9 Å². The van der Waals surface area contributed by atoms with E-state index in [-0.39, 0.29) is 5.75 Å². The SMILES string of the molecule is CC(=Nc1ccc(N(C=O)C2CCCC2)cc1)c1ccccc1O. The van der Waals surface area contributed by atoms with Crippen molar-refractivity contribution in [3.05, 3.63) is 54.1 Å². The lowest BCUT2D eigenvalue weighted by atomic mass is 10.1. The van der Waals surface area contributed by atoms with Crippen LogP contribution in [-0.2, 0) is 4.79 Å². The number of amides is 1. The number of benzene rings is 2. The van der Waals surface area contributed by atoms with Gasteiger partial charge in [0, 0.05) is 23.0 Å². The summed E-state index contributed by atoms with van der Waals surface area (Å²) in [5.41, 5.74) is 3.19. The standard InChI is InChI=1S/C20H22N2O2/c1-15(19-8-4-5-9-20(19)24)21-16-10-12-18(13-11-16)22(14-23)17-6-2-3-7-17/h4-5,8-14,17,24H,2-3,6-7H2,1H3. The number of phenolic OH excluding ortho intramolecular Hbond substituents is 1. The highest BCUT2D eigenvalue weighted by molar-refractivity contribution is 6.02. The van der Waals surface area contributed by atoms with Crippen molar-refractivity contribution < 1.29 is 9.90 Å². The third-order valence-electron chi connectivity index (χ3n) is 4.57. The van der Waals surface area contributed by atoms with Gasteiger partial charge in [-0.25, -0.2) is 0 Å². The Balaban J connectivity index is 1.80. The quantitative estimate of drug-likeness (QED) is 0.653. The smallest absolute Gasteiger partial charge is 0.214 e. The summed E-state index contributed by atoms with van der Waals surface area (Å²) in [4.78, 5) is 17.8. The van der Waals surface area contributed by atoms with Gasteiger partial charge < -0.3 is 10.0 Å². The van der Waals surface area contributed by atoms with E-state index in [4.69, 9.17) is 0 Å². The number of carbonyl (C=O) groups excluding carboxylic acids is 1. The molecule has 1 aliphatic rings. The third kappa shape index (κ3) is 3.48. The van der Waals surface area contributed by atoms with E-state index < -0.39 is 0 Å². The largest absolute Gasteiger partial charge is 0.507 e. The summed E-state index contributed by atoms with van der Waals surface area (Å²) in [5.74, 6) is 0.226. The number of nitrogens with zero attached hydrogens (tertiary/aromatic N) is 2. The Morgan fingerprint density at radius 2 is 1.79 bits per heavy atom. The van der Waals surface area contributed by atoms with Crippen LogP contribution < -0.4 is 4.90 Å². The van der Waals surface area contributed by atoms with Gasteiger partial charge in [0.1, 0.15) is 5.75 Å². The van der Waals surface area contributed by atoms with Gasteiger partial charge in [0.25, 0.3) is 0 Å². The normalized spacial score (nSPS) is 15.5. The molecule has 2 aromatic carbocycles. The molecule has 1 saturated carbocycles. The van der Waals surface area contributed by atoms with Crippen LogP contribution in [0.15, 0.2) is 53.5 Å². The molecule has 24 heavy (non-hydrogen) atoms. The number of hydrogen-bond acceptors (Lipinski definition) is 3. The zero-order valence-corrected chi connectivity index (χ0v) is 13.9. The predicted octanol–water partition coefficient (Wildman–Crippen LogP) is 4.44. The molecule has 1 amide bonds. The molecule has 4 nitrogen and oxygen atoms in total. The fourth-order valence-electron chi connectivity index (χ4n) is 3.27. The Morgan fingerprint density at radius 1 is 1.12 bits per heavy atom. The van der Waals surface area contributed by atoms with Crippen molar-refractivity contribution in [2.24, 2.45) is 4.99 Å². The number of carbonyl (C=O) groups is 1. The molecule has 2 aromatic rings. The number of para-hydroxylation sites is 1. The number of phenols is 1. The van der Waals surface area contributed by atoms with Crippen LogP contribution in [0.25, 0.3) is 0 Å². The summed E-state index contributed by atoms with van der Waals surface area (Å²) >= 11 is 0. The van der Waals surface area contributed by atoms with Crippen molar-refractivity contribution in [1.29, 1.82) is 0 Å². The van der Waals surface area contributed by atoms with Crippen LogP contribution in [0.2, 0.25) is 0 Å². The molecule has 4 heteroatoms. The minimum atomic E-state index is 0.226. The highest BCUT2D eigenvalue weighted by atomic mass is 16.3. The van der Waals surface area contributed by atoms with Crippen molar-refractivity contribution in [2.45, 2.75) is 38.6 Å². The van der Waals surface area contributed by atoms with Crippen LogP contribution >= 0.6 is 0 Å². The topological polar surface area (TPSA) is 52.9 Å². The van der Waals surface area contributed by atoms with Crippen molar-refractivity contribution in [1.82, 2.24) is 0 Å². The van der Waals surface area contributed by atoms with Crippen molar-refractivity contribution >= 4 is 23.5 Å². The molecule has 1 aliphatic carbocycles. The van der Waals surface area contributed by atoms with Crippen LogP contribution in [0.4, 0.5) is 11.4 Å². The average molecular weight is 322 g/mol. The Kier molecular flexibility index (Phi) is 4.94. The van der Waals surface area contributed by atoms with Gasteiger partial charge in [-0.2, -0.15) is 0 Å². The molecule has 3 rings (SSSR count). The molecule has 0 heterocycles. The average Bonchev–Trinajstić information content (AvgIpc) is 3.12. The van der Waals surface area contributed by atoms with E-state index in [1.165, 1.54) is 12.8 Å². The number of hydrogen-bond donors (Lipinski definition) is 1. The van der Waals surface area contributed by atoms with Gasteiger partial charge in [-0.15, -0.1) is 0 Å². The molecule has 0 spiro atoms. The second kappa shape index (κ2) is 7.30. The molecule has 0 unspecified atom stereocenters. The predicted molar refractivity (Wildman–Crippen MR) is 97.2 cm³/mol. The molecule has 1 fully saturated rings. The first-order valence-electron chi connectivity index (χ1n) is 8.36. The number of aromatic hydroxyl groups is 1. The molecular weight excluding hydrogens is 300 g/mol. The Bertz CT molecular complexity index is 732. The van der Waals surface area contributed by atoms with Gasteiger partial charge >= 0.3 is 0 Å². The van der Waals surface area contributed by atoms with E-state index in [9.17, 15) is 9.90 Å². The van der Waals surface area contributed by atoms with Gasteiger partial charge in [0.2, 0.25) is 6.41 Å². The fraction of sp³-hybridized carbons (Fsp3) is 0.300. The maximum Gasteiger partial charge on any atom is 0.214 e. The van der Waals surface area contributed by atoms with Crippen LogP contribution in [0.1, 0.15) is 38.2 Å². The molecule has 0 atom stereocenters. The first kappa shape index (κ1) is 16.2. The first-order chi connectivity index (χ1) is 11.7. The molecule has 124 valence electrons. The molecule has 0 radical (unpaired) electrons. The Hall–Kier alpha value is -2.62. The van der Waals surface area contributed by atoms with Gasteiger partial charge in [-0.3, -0.25) is 9.79 Å². The summed E-state index contributed by atoms with van der Waals surface area (Å²) < 4.78 is 0. The lowest BCUT2D eigenvalue weighted by Gasteiger charge is -2.24.